The van der Waals surface area contributed by atoms with Crippen LogP contribution < -0.4 is 4.72 Å². The van der Waals surface area contributed by atoms with Gasteiger partial charge in [0, 0.05) is 12.5 Å². The first-order valence-corrected chi connectivity index (χ1v) is 17.2. The molecule has 0 aromatic rings. The van der Waals surface area contributed by atoms with Gasteiger partial charge in [0.2, 0.25) is 10.0 Å². The third-order valence-electron chi connectivity index (χ3n) is 11.9. The fraction of sp³-hybridized carbons (Fsp3) is 0.812. The molecule has 9 heteroatoms. The number of hydrogen-bond acceptors (Lipinski definition) is 7. The molecule has 232 valence electrons. The molecule has 3 N–H and O–H groups in total. The van der Waals surface area contributed by atoms with Gasteiger partial charge in [0.25, 0.3) is 5.91 Å². The number of carbonyl (C=O) groups is 2. The first-order valence-electron chi connectivity index (χ1n) is 15.3. The molecule has 4 aliphatic carbocycles. The normalized spacial score (nSPS) is 43.2. The molecule has 0 spiro atoms. The standard InChI is InChI=1S/C32H51NO7S/c1-18(2)10-9-11-21(29(37)33-41(8,38)39)27-23-16-25(36)28-30(5)14-13-24(35)19(3)22(30)12-15-31(28,6)32(23,7)17-26(27)40-20(4)34/h10,19,22-26,28,35-36H,9,11-17H2,1-8H3,(H,33,37)/b27-21-/t19-,22-,23-,24+,25+,26-,28?,30-,31-,32-/m0/s1. The molecule has 4 fully saturated rings. The Bertz CT molecular complexity index is 1240. The summed E-state index contributed by atoms with van der Waals surface area (Å²) in [6.45, 7) is 14.2. The average molecular weight is 594 g/mol. The minimum Gasteiger partial charge on any atom is -0.458 e. The quantitative estimate of drug-likeness (QED) is 0.232. The van der Waals surface area contributed by atoms with Gasteiger partial charge in [0.15, 0.2) is 0 Å². The highest BCUT2D eigenvalue weighted by Gasteiger charge is 2.70. The number of aliphatic hydroxyl groups is 2. The number of sulfonamides is 1. The Balaban J connectivity index is 1.87. The van der Waals surface area contributed by atoms with Crippen molar-refractivity contribution in [3.05, 3.63) is 22.8 Å². The number of rotatable bonds is 6. The third-order valence-corrected chi connectivity index (χ3v) is 12.4. The van der Waals surface area contributed by atoms with Gasteiger partial charge in [0.1, 0.15) is 6.10 Å². The van der Waals surface area contributed by atoms with Crippen molar-refractivity contribution in [1.82, 2.24) is 4.72 Å². The van der Waals surface area contributed by atoms with Crippen LogP contribution in [0.25, 0.3) is 0 Å². The summed E-state index contributed by atoms with van der Waals surface area (Å²) in [5, 5.41) is 22.7. The van der Waals surface area contributed by atoms with E-state index in [0.717, 1.165) is 37.5 Å². The summed E-state index contributed by atoms with van der Waals surface area (Å²) in [6.07, 6.45) is 6.48. The minimum absolute atomic E-state index is 0.0127. The van der Waals surface area contributed by atoms with Gasteiger partial charge < -0.3 is 14.9 Å². The Morgan fingerprint density at radius 1 is 1.05 bits per heavy atom. The third kappa shape index (κ3) is 5.55. The molecular formula is C32H51NO7S. The van der Waals surface area contributed by atoms with Crippen LogP contribution in [-0.4, -0.2) is 55.1 Å². The van der Waals surface area contributed by atoms with Crippen LogP contribution in [0.5, 0.6) is 0 Å². The SMILES string of the molecule is CC(=O)O[C@H]1C[C@@]2(C)[C@@H](C[C@@H](O)C3[C@]2(C)CC[C@H]2[C@H](C)[C@H](O)CC[C@]32C)/C1=C(\CCC=C(C)C)C(=O)NS(C)(=O)=O. The Kier molecular flexibility index (Phi) is 8.71. The largest absolute Gasteiger partial charge is 0.458 e. The highest BCUT2D eigenvalue weighted by Crippen LogP contribution is 2.74. The number of esters is 1. The summed E-state index contributed by atoms with van der Waals surface area (Å²) >= 11 is 0. The lowest BCUT2D eigenvalue weighted by atomic mass is 9.36. The number of amides is 1. The summed E-state index contributed by atoms with van der Waals surface area (Å²) in [4.78, 5) is 26.0. The van der Waals surface area contributed by atoms with Crippen molar-refractivity contribution in [3.63, 3.8) is 0 Å². The second-order valence-electron chi connectivity index (χ2n) is 14.5. The fourth-order valence-corrected chi connectivity index (χ4v) is 10.5. The van der Waals surface area contributed by atoms with Gasteiger partial charge >= 0.3 is 5.97 Å². The molecule has 0 aliphatic heterocycles. The van der Waals surface area contributed by atoms with Crippen molar-refractivity contribution in [2.24, 2.45) is 39.9 Å². The predicted molar refractivity (Wildman–Crippen MR) is 158 cm³/mol. The minimum atomic E-state index is -3.82. The maximum atomic E-state index is 13.6. The van der Waals surface area contributed by atoms with E-state index in [1.165, 1.54) is 6.92 Å². The highest BCUT2D eigenvalue weighted by atomic mass is 32.2. The van der Waals surface area contributed by atoms with Crippen molar-refractivity contribution < 1.29 is 33.0 Å². The zero-order valence-electron chi connectivity index (χ0n) is 26.1. The van der Waals surface area contributed by atoms with Gasteiger partial charge in [-0.2, -0.15) is 0 Å². The van der Waals surface area contributed by atoms with Crippen molar-refractivity contribution >= 4 is 21.9 Å². The molecule has 0 saturated heterocycles. The van der Waals surface area contributed by atoms with E-state index >= 15 is 0 Å². The Hall–Kier alpha value is -1.71. The molecule has 10 atom stereocenters. The zero-order chi connectivity index (χ0) is 30.7. The van der Waals surface area contributed by atoms with E-state index < -0.39 is 39.5 Å². The number of fused-ring (bicyclic) bond motifs is 5. The Labute approximate surface area is 246 Å². The monoisotopic (exact) mass is 593 g/mol. The molecular weight excluding hydrogens is 542 g/mol. The van der Waals surface area contributed by atoms with Crippen molar-refractivity contribution in [2.75, 3.05) is 6.26 Å². The number of nitrogens with one attached hydrogen (secondary N) is 1. The van der Waals surface area contributed by atoms with Gasteiger partial charge in [-0.1, -0.05) is 39.3 Å². The maximum Gasteiger partial charge on any atom is 0.303 e. The summed E-state index contributed by atoms with van der Waals surface area (Å²) < 4.78 is 32.4. The maximum absolute atomic E-state index is 13.6. The van der Waals surface area contributed by atoms with Crippen LogP contribution in [0.15, 0.2) is 22.8 Å². The zero-order valence-corrected chi connectivity index (χ0v) is 26.9. The van der Waals surface area contributed by atoms with Crippen LogP contribution >= 0.6 is 0 Å². The molecule has 4 aliphatic rings. The number of aliphatic hydroxyl groups excluding tert-OH is 2. The van der Waals surface area contributed by atoms with Crippen LogP contribution in [0.1, 0.15) is 99.8 Å². The van der Waals surface area contributed by atoms with E-state index in [0.29, 0.717) is 42.7 Å². The fourth-order valence-electron chi connectivity index (χ4n) is 10.0. The molecule has 0 radical (unpaired) electrons. The lowest BCUT2D eigenvalue weighted by Crippen LogP contribution is -2.65. The smallest absolute Gasteiger partial charge is 0.303 e. The second kappa shape index (κ2) is 11.1. The molecule has 1 amide bonds. The molecule has 1 unspecified atom stereocenters. The molecule has 0 aromatic heterocycles. The van der Waals surface area contributed by atoms with Crippen LogP contribution in [0, 0.1) is 39.9 Å². The van der Waals surface area contributed by atoms with Gasteiger partial charge in [-0.25, -0.2) is 13.1 Å². The number of allylic oxidation sites excluding steroid dienone is 2. The van der Waals surface area contributed by atoms with Crippen molar-refractivity contribution in [2.45, 2.75) is 118 Å². The number of ether oxygens (including phenoxy) is 1. The molecule has 4 saturated carbocycles. The molecule has 0 heterocycles. The average Bonchev–Trinajstić information content (AvgIpc) is 3.09. The Morgan fingerprint density at radius 2 is 1.71 bits per heavy atom. The summed E-state index contributed by atoms with van der Waals surface area (Å²) in [5.74, 6) is -0.929. The molecule has 41 heavy (non-hydrogen) atoms. The topological polar surface area (TPSA) is 130 Å². The number of hydrogen-bond donors (Lipinski definition) is 3. The van der Waals surface area contributed by atoms with Crippen LogP contribution in [0.2, 0.25) is 0 Å². The number of carbonyl (C=O) groups excluding carboxylic acids is 2. The van der Waals surface area contributed by atoms with Crippen molar-refractivity contribution in [1.29, 1.82) is 0 Å². The van der Waals surface area contributed by atoms with Crippen LogP contribution in [0.4, 0.5) is 0 Å². The van der Waals surface area contributed by atoms with Gasteiger partial charge in [-0.15, -0.1) is 0 Å². The molecule has 0 aromatic carbocycles. The second-order valence-corrected chi connectivity index (χ2v) is 16.3. The first-order chi connectivity index (χ1) is 18.9. The molecule has 8 nitrogen and oxygen atoms in total. The summed E-state index contributed by atoms with van der Waals surface area (Å²) in [6, 6.07) is 0. The summed E-state index contributed by atoms with van der Waals surface area (Å²) in [5.41, 5.74) is 1.24. The molecule has 0 bridgehead atoms. The van der Waals surface area contributed by atoms with E-state index in [9.17, 15) is 28.2 Å². The van der Waals surface area contributed by atoms with Crippen LogP contribution in [0.3, 0.4) is 0 Å². The first kappa shape index (κ1) is 32.2. The van der Waals surface area contributed by atoms with E-state index in [-0.39, 0.29) is 34.7 Å². The lowest BCUT2D eigenvalue weighted by Gasteiger charge is -2.69. The van der Waals surface area contributed by atoms with Gasteiger partial charge in [0.05, 0.1) is 18.5 Å². The van der Waals surface area contributed by atoms with E-state index in [1.54, 1.807) is 0 Å². The summed E-state index contributed by atoms with van der Waals surface area (Å²) in [7, 11) is -3.82. The van der Waals surface area contributed by atoms with E-state index in [2.05, 4.69) is 32.4 Å². The highest BCUT2D eigenvalue weighted by molar-refractivity contribution is 7.89. The van der Waals surface area contributed by atoms with Crippen molar-refractivity contribution in [3.8, 4) is 0 Å². The molecule has 4 rings (SSSR count). The van der Waals surface area contributed by atoms with E-state index in [4.69, 9.17) is 4.74 Å². The lowest BCUT2D eigenvalue weighted by molar-refractivity contribution is -0.234. The van der Waals surface area contributed by atoms with E-state index in [1.807, 2.05) is 19.9 Å². The predicted octanol–water partition coefficient (Wildman–Crippen LogP) is 4.66. The van der Waals surface area contributed by atoms with Gasteiger partial charge in [-0.3, -0.25) is 9.59 Å². The van der Waals surface area contributed by atoms with Crippen LogP contribution in [-0.2, 0) is 24.3 Å². The van der Waals surface area contributed by atoms with Gasteiger partial charge in [-0.05, 0) is 111 Å². The Morgan fingerprint density at radius 3 is 2.29 bits per heavy atom.